The summed E-state index contributed by atoms with van der Waals surface area (Å²) < 4.78 is 10.5. The number of nitrogens with zero attached hydrogens (tertiary/aromatic N) is 1. The Morgan fingerprint density at radius 3 is 2.53 bits per heavy atom. The number of ether oxygens (including phenoxy) is 2. The van der Waals surface area contributed by atoms with Crippen molar-refractivity contribution in [2.24, 2.45) is 17.3 Å². The lowest BCUT2D eigenvalue weighted by Crippen LogP contribution is -2.40. The van der Waals surface area contributed by atoms with Gasteiger partial charge in [-0.15, -0.1) is 0 Å². The van der Waals surface area contributed by atoms with E-state index in [-0.39, 0.29) is 5.91 Å². The van der Waals surface area contributed by atoms with Gasteiger partial charge in [0.05, 0.1) is 19.9 Å². The molecule has 1 saturated heterocycles. The minimum absolute atomic E-state index is 0.00173. The van der Waals surface area contributed by atoms with E-state index in [0.29, 0.717) is 46.8 Å². The van der Waals surface area contributed by atoms with Crippen LogP contribution in [0.4, 0.5) is 5.69 Å². The average Bonchev–Trinajstić information content (AvgIpc) is 3.28. The van der Waals surface area contributed by atoms with Gasteiger partial charge in [-0.05, 0) is 62.0 Å². The topological polar surface area (TPSA) is 67.9 Å². The zero-order valence-electron chi connectivity index (χ0n) is 18.2. The van der Waals surface area contributed by atoms with Crippen LogP contribution < -0.4 is 14.8 Å². The molecule has 1 heterocycles. The standard InChI is InChI=1S/C24H34N2O4/c1-29-18-6-7-20(21(15-18)30-2)25-22(27)8-5-17-9-13-26(14-10-17)23(28)19-16-24(19)11-3-4-12-24/h6-7,15,17,19H,3-5,8-14,16H2,1-2H3,(H,25,27). The largest absolute Gasteiger partial charge is 0.497 e. The lowest BCUT2D eigenvalue weighted by molar-refractivity contribution is -0.135. The summed E-state index contributed by atoms with van der Waals surface area (Å²) in [5, 5.41) is 2.95. The first-order valence-corrected chi connectivity index (χ1v) is 11.4. The van der Waals surface area contributed by atoms with E-state index in [0.717, 1.165) is 38.8 Å². The van der Waals surface area contributed by atoms with Gasteiger partial charge in [-0.1, -0.05) is 12.8 Å². The van der Waals surface area contributed by atoms with Crippen LogP contribution in [-0.2, 0) is 9.59 Å². The molecule has 6 nitrogen and oxygen atoms in total. The zero-order valence-corrected chi connectivity index (χ0v) is 18.2. The third-order valence-corrected chi connectivity index (χ3v) is 7.48. The summed E-state index contributed by atoms with van der Waals surface area (Å²) in [4.78, 5) is 27.4. The third kappa shape index (κ3) is 4.42. The molecule has 1 aliphatic heterocycles. The van der Waals surface area contributed by atoms with Gasteiger partial charge in [0.2, 0.25) is 11.8 Å². The van der Waals surface area contributed by atoms with Gasteiger partial charge in [-0.2, -0.15) is 0 Å². The van der Waals surface area contributed by atoms with Crippen LogP contribution in [0.2, 0.25) is 0 Å². The van der Waals surface area contributed by atoms with Gasteiger partial charge in [-0.25, -0.2) is 0 Å². The van der Waals surface area contributed by atoms with Crippen LogP contribution >= 0.6 is 0 Å². The molecule has 2 saturated carbocycles. The van der Waals surface area contributed by atoms with Crippen LogP contribution in [0, 0.1) is 17.3 Å². The van der Waals surface area contributed by atoms with Crippen LogP contribution in [0.5, 0.6) is 11.5 Å². The van der Waals surface area contributed by atoms with Crippen molar-refractivity contribution in [3.8, 4) is 11.5 Å². The Morgan fingerprint density at radius 2 is 1.87 bits per heavy atom. The van der Waals surface area contributed by atoms with Crippen molar-refractivity contribution < 1.29 is 19.1 Å². The second-order valence-electron chi connectivity index (χ2n) is 9.25. The number of hydrogen-bond donors (Lipinski definition) is 1. The van der Waals surface area contributed by atoms with Gasteiger partial charge in [0.25, 0.3) is 0 Å². The number of methoxy groups -OCH3 is 2. The van der Waals surface area contributed by atoms with E-state index in [4.69, 9.17) is 9.47 Å². The van der Waals surface area contributed by atoms with E-state index in [1.165, 1.54) is 25.7 Å². The van der Waals surface area contributed by atoms with Crippen LogP contribution in [0.1, 0.15) is 57.8 Å². The second kappa shape index (κ2) is 8.86. The maximum Gasteiger partial charge on any atom is 0.226 e. The first kappa shape index (κ1) is 21.0. The summed E-state index contributed by atoms with van der Waals surface area (Å²) in [7, 11) is 3.18. The molecule has 1 atom stereocenters. The first-order valence-electron chi connectivity index (χ1n) is 11.4. The van der Waals surface area contributed by atoms with E-state index in [9.17, 15) is 9.59 Å². The lowest BCUT2D eigenvalue weighted by Gasteiger charge is -2.32. The number of rotatable bonds is 7. The monoisotopic (exact) mass is 414 g/mol. The number of benzene rings is 1. The van der Waals surface area contributed by atoms with E-state index < -0.39 is 0 Å². The highest BCUT2D eigenvalue weighted by atomic mass is 16.5. The number of nitrogens with one attached hydrogen (secondary N) is 1. The third-order valence-electron chi connectivity index (χ3n) is 7.48. The fourth-order valence-corrected chi connectivity index (χ4v) is 5.44. The number of anilines is 1. The van der Waals surface area contributed by atoms with E-state index in [1.54, 1.807) is 32.4 Å². The SMILES string of the molecule is COc1ccc(NC(=O)CCC2CCN(C(=O)C3CC34CCCC4)CC2)c(OC)c1. The molecule has 3 aliphatic rings. The van der Waals surface area contributed by atoms with Crippen molar-refractivity contribution in [3.63, 3.8) is 0 Å². The molecule has 0 aromatic heterocycles. The van der Waals surface area contributed by atoms with E-state index >= 15 is 0 Å². The van der Waals surface area contributed by atoms with Crippen LogP contribution in [-0.4, -0.2) is 44.0 Å². The van der Waals surface area contributed by atoms with Crippen LogP contribution in [0.25, 0.3) is 0 Å². The summed E-state index contributed by atoms with van der Waals surface area (Å²) in [5.41, 5.74) is 1.04. The fraction of sp³-hybridized carbons (Fsp3) is 0.667. The van der Waals surface area contributed by atoms with Gasteiger partial charge in [0, 0.05) is 31.5 Å². The summed E-state index contributed by atoms with van der Waals surface area (Å²) >= 11 is 0. The van der Waals surface area contributed by atoms with E-state index in [1.807, 2.05) is 0 Å². The molecule has 0 radical (unpaired) electrons. The Morgan fingerprint density at radius 1 is 1.13 bits per heavy atom. The minimum atomic E-state index is -0.00173. The van der Waals surface area contributed by atoms with E-state index in [2.05, 4.69) is 10.2 Å². The Kier molecular flexibility index (Phi) is 6.21. The summed E-state index contributed by atoms with van der Waals surface area (Å²) in [6.45, 7) is 1.70. The van der Waals surface area contributed by atoms with Gasteiger partial charge in [0.15, 0.2) is 0 Å². The van der Waals surface area contributed by atoms with Gasteiger partial charge < -0.3 is 19.7 Å². The maximum atomic E-state index is 12.8. The molecule has 6 heteroatoms. The van der Waals surface area contributed by atoms with Crippen molar-refractivity contribution >= 4 is 17.5 Å². The number of hydrogen-bond acceptors (Lipinski definition) is 4. The Bertz CT molecular complexity index is 779. The summed E-state index contributed by atoms with van der Waals surface area (Å²) in [6.07, 6.45) is 9.60. The van der Waals surface area contributed by atoms with Crippen LogP contribution in [0.15, 0.2) is 18.2 Å². The molecule has 1 spiro atoms. The first-order chi connectivity index (χ1) is 14.5. The summed E-state index contributed by atoms with van der Waals surface area (Å²) in [5.74, 6) is 2.50. The predicted molar refractivity (Wildman–Crippen MR) is 116 cm³/mol. The zero-order chi connectivity index (χ0) is 21.1. The molecule has 2 amide bonds. The lowest BCUT2D eigenvalue weighted by atomic mass is 9.91. The molecule has 3 fully saturated rings. The molecular weight excluding hydrogens is 380 g/mol. The highest BCUT2D eigenvalue weighted by Gasteiger charge is 2.59. The molecule has 164 valence electrons. The number of carbonyl (C=O) groups excluding carboxylic acids is 2. The highest BCUT2D eigenvalue weighted by Crippen LogP contribution is 2.63. The Balaban J connectivity index is 1.19. The fourth-order valence-electron chi connectivity index (χ4n) is 5.44. The van der Waals surface area contributed by atoms with Gasteiger partial charge in [0.1, 0.15) is 11.5 Å². The molecular formula is C24H34N2O4. The maximum absolute atomic E-state index is 12.8. The van der Waals surface area contributed by atoms with Crippen molar-refractivity contribution in [3.05, 3.63) is 18.2 Å². The number of likely N-dealkylation sites (tertiary alicyclic amines) is 1. The average molecular weight is 415 g/mol. The van der Waals surface area contributed by atoms with Crippen molar-refractivity contribution in [2.45, 2.75) is 57.8 Å². The highest BCUT2D eigenvalue weighted by molar-refractivity contribution is 5.92. The quantitative estimate of drug-likeness (QED) is 0.725. The number of piperidine rings is 1. The molecule has 4 rings (SSSR count). The molecule has 30 heavy (non-hydrogen) atoms. The van der Waals surface area contributed by atoms with Crippen LogP contribution in [0.3, 0.4) is 0 Å². The van der Waals surface area contributed by atoms with Gasteiger partial charge >= 0.3 is 0 Å². The molecule has 2 aliphatic carbocycles. The molecule has 0 bridgehead atoms. The normalized spacial score (nSPS) is 22.7. The smallest absolute Gasteiger partial charge is 0.226 e. The minimum Gasteiger partial charge on any atom is -0.497 e. The Labute approximate surface area is 179 Å². The molecule has 1 unspecified atom stereocenters. The van der Waals surface area contributed by atoms with Gasteiger partial charge in [-0.3, -0.25) is 9.59 Å². The Hall–Kier alpha value is -2.24. The predicted octanol–water partition coefficient (Wildman–Crippen LogP) is 4.24. The van der Waals surface area contributed by atoms with Crippen molar-refractivity contribution in [1.29, 1.82) is 0 Å². The number of amides is 2. The number of carbonyl (C=O) groups is 2. The summed E-state index contributed by atoms with van der Waals surface area (Å²) in [6, 6.07) is 5.37. The second-order valence-corrected chi connectivity index (χ2v) is 9.25. The molecule has 1 N–H and O–H groups in total. The molecule has 1 aromatic carbocycles. The molecule has 1 aromatic rings. The van der Waals surface area contributed by atoms with Crippen molar-refractivity contribution in [1.82, 2.24) is 4.90 Å². The van der Waals surface area contributed by atoms with Crippen molar-refractivity contribution in [2.75, 3.05) is 32.6 Å².